The highest BCUT2D eigenvalue weighted by molar-refractivity contribution is 6.43. The van der Waals surface area contributed by atoms with Crippen LogP contribution < -0.4 is 10.5 Å². The fourth-order valence-corrected chi connectivity index (χ4v) is 2.42. The number of hydrogen-bond donors (Lipinski definition) is 1. The summed E-state index contributed by atoms with van der Waals surface area (Å²) in [5, 5.41) is 1.68. The summed E-state index contributed by atoms with van der Waals surface area (Å²) in [7, 11) is 0. The van der Waals surface area contributed by atoms with Gasteiger partial charge in [0.1, 0.15) is 11.5 Å². The minimum atomic E-state index is 0.369. The minimum absolute atomic E-state index is 0.369. The molecule has 2 N–H and O–H groups in total. The van der Waals surface area contributed by atoms with Crippen molar-refractivity contribution in [2.75, 3.05) is 6.54 Å². The number of nitrogens with two attached hydrogens (primary N) is 1. The standard InChI is InChI=1S/C14H11Cl4NO/c15-9-2-1-8(3-4-19)13(5-9)20-14-7-11(17)10(16)6-12(14)18/h1-2,5-7H,3-4,19H2. The summed E-state index contributed by atoms with van der Waals surface area (Å²) in [6.45, 7) is 0.507. The normalized spacial score (nSPS) is 10.7. The summed E-state index contributed by atoms with van der Waals surface area (Å²) in [5.41, 5.74) is 6.53. The Morgan fingerprint density at radius 2 is 1.55 bits per heavy atom. The van der Waals surface area contributed by atoms with Gasteiger partial charge in [0.05, 0.1) is 15.1 Å². The molecule has 2 nitrogen and oxygen atoms in total. The predicted octanol–water partition coefficient (Wildman–Crippen LogP) is 5.59. The van der Waals surface area contributed by atoms with Gasteiger partial charge in [0.15, 0.2) is 0 Å². The molecule has 106 valence electrons. The van der Waals surface area contributed by atoms with E-state index < -0.39 is 0 Å². The Hall–Kier alpha value is -0.640. The lowest BCUT2D eigenvalue weighted by molar-refractivity contribution is 0.476. The van der Waals surface area contributed by atoms with Crippen molar-refractivity contribution < 1.29 is 4.74 Å². The molecule has 0 amide bonds. The Bertz CT molecular complexity index is 631. The molecule has 0 heterocycles. The van der Waals surface area contributed by atoms with Gasteiger partial charge in [-0.3, -0.25) is 0 Å². The summed E-state index contributed by atoms with van der Waals surface area (Å²) in [6.07, 6.45) is 0.672. The van der Waals surface area contributed by atoms with Gasteiger partial charge in [-0.15, -0.1) is 0 Å². The molecule has 2 aromatic rings. The second-order valence-electron chi connectivity index (χ2n) is 4.09. The van der Waals surface area contributed by atoms with Crippen LogP contribution in [0.4, 0.5) is 0 Å². The summed E-state index contributed by atoms with van der Waals surface area (Å²) in [6, 6.07) is 8.48. The average Bonchev–Trinajstić information content (AvgIpc) is 2.39. The van der Waals surface area contributed by atoms with Gasteiger partial charge in [0.2, 0.25) is 0 Å². The van der Waals surface area contributed by atoms with Crippen LogP contribution in [-0.2, 0) is 6.42 Å². The van der Waals surface area contributed by atoms with Crippen LogP contribution in [0.25, 0.3) is 0 Å². The zero-order chi connectivity index (χ0) is 14.7. The summed E-state index contributed by atoms with van der Waals surface area (Å²) >= 11 is 23.9. The molecule has 0 aromatic heterocycles. The zero-order valence-electron chi connectivity index (χ0n) is 10.3. The molecule has 20 heavy (non-hydrogen) atoms. The maximum absolute atomic E-state index is 6.09. The Labute approximate surface area is 137 Å². The first kappa shape index (κ1) is 15.7. The molecule has 0 unspecified atom stereocenters. The molecule has 0 aliphatic rings. The monoisotopic (exact) mass is 349 g/mol. The first-order chi connectivity index (χ1) is 9.51. The van der Waals surface area contributed by atoms with Gasteiger partial charge in [-0.05, 0) is 36.7 Å². The van der Waals surface area contributed by atoms with E-state index in [9.17, 15) is 0 Å². The molecule has 0 saturated heterocycles. The van der Waals surface area contributed by atoms with Crippen LogP contribution >= 0.6 is 46.4 Å². The van der Waals surface area contributed by atoms with Crippen molar-refractivity contribution in [1.29, 1.82) is 0 Å². The van der Waals surface area contributed by atoms with Crippen LogP contribution in [-0.4, -0.2) is 6.54 Å². The first-order valence-corrected chi connectivity index (χ1v) is 7.33. The molecule has 0 radical (unpaired) electrons. The van der Waals surface area contributed by atoms with Gasteiger partial charge in [-0.2, -0.15) is 0 Å². The van der Waals surface area contributed by atoms with E-state index in [1.807, 2.05) is 6.07 Å². The topological polar surface area (TPSA) is 35.2 Å². The van der Waals surface area contributed by atoms with E-state index in [0.717, 1.165) is 5.56 Å². The first-order valence-electron chi connectivity index (χ1n) is 5.82. The number of hydrogen-bond acceptors (Lipinski definition) is 2. The summed E-state index contributed by atoms with van der Waals surface area (Å²) < 4.78 is 5.79. The molecule has 0 spiro atoms. The SMILES string of the molecule is NCCc1ccc(Cl)cc1Oc1cc(Cl)c(Cl)cc1Cl. The third kappa shape index (κ3) is 3.72. The number of benzene rings is 2. The van der Waals surface area contributed by atoms with Gasteiger partial charge in [-0.1, -0.05) is 52.5 Å². The quantitative estimate of drug-likeness (QED) is 0.729. The van der Waals surface area contributed by atoms with Crippen molar-refractivity contribution in [3.05, 3.63) is 56.0 Å². The third-order valence-corrected chi connectivity index (χ3v) is 3.89. The summed E-state index contributed by atoms with van der Waals surface area (Å²) in [5.74, 6) is 1.02. The highest BCUT2D eigenvalue weighted by atomic mass is 35.5. The van der Waals surface area contributed by atoms with Gasteiger partial charge in [0.25, 0.3) is 0 Å². The van der Waals surface area contributed by atoms with Crippen molar-refractivity contribution >= 4 is 46.4 Å². The van der Waals surface area contributed by atoms with Crippen LogP contribution in [0, 0.1) is 0 Å². The second kappa shape index (κ2) is 6.88. The van der Waals surface area contributed by atoms with E-state index in [1.165, 1.54) is 6.07 Å². The van der Waals surface area contributed by atoms with Crippen LogP contribution in [0.3, 0.4) is 0 Å². The van der Waals surface area contributed by atoms with Gasteiger partial charge in [0, 0.05) is 11.1 Å². The van der Waals surface area contributed by atoms with E-state index >= 15 is 0 Å². The number of halogens is 4. The van der Waals surface area contributed by atoms with Gasteiger partial charge in [-0.25, -0.2) is 0 Å². The van der Waals surface area contributed by atoms with Crippen molar-refractivity contribution in [3.63, 3.8) is 0 Å². The van der Waals surface area contributed by atoms with Crippen LogP contribution in [0.2, 0.25) is 20.1 Å². The molecular weight excluding hydrogens is 340 g/mol. The number of ether oxygens (including phenoxy) is 1. The summed E-state index contributed by atoms with van der Waals surface area (Å²) in [4.78, 5) is 0. The lowest BCUT2D eigenvalue weighted by Crippen LogP contribution is -2.04. The van der Waals surface area contributed by atoms with E-state index in [0.29, 0.717) is 44.6 Å². The minimum Gasteiger partial charge on any atom is -0.455 e. The van der Waals surface area contributed by atoms with Gasteiger partial charge >= 0.3 is 0 Å². The third-order valence-electron chi connectivity index (χ3n) is 2.64. The lowest BCUT2D eigenvalue weighted by Gasteiger charge is -2.13. The van der Waals surface area contributed by atoms with E-state index in [-0.39, 0.29) is 0 Å². The fraction of sp³-hybridized carbons (Fsp3) is 0.143. The predicted molar refractivity (Wildman–Crippen MR) is 85.8 cm³/mol. The molecule has 0 bridgehead atoms. The smallest absolute Gasteiger partial charge is 0.147 e. The maximum atomic E-state index is 6.09. The number of rotatable bonds is 4. The van der Waals surface area contributed by atoms with Crippen molar-refractivity contribution in [3.8, 4) is 11.5 Å². The highest BCUT2D eigenvalue weighted by Gasteiger charge is 2.11. The average molecular weight is 351 g/mol. The van der Waals surface area contributed by atoms with E-state index in [4.69, 9.17) is 56.9 Å². The van der Waals surface area contributed by atoms with Crippen molar-refractivity contribution in [2.24, 2.45) is 5.73 Å². The molecular formula is C14H11Cl4NO. The van der Waals surface area contributed by atoms with Crippen molar-refractivity contribution in [1.82, 2.24) is 0 Å². The Morgan fingerprint density at radius 3 is 2.25 bits per heavy atom. The van der Waals surface area contributed by atoms with Gasteiger partial charge < -0.3 is 10.5 Å². The van der Waals surface area contributed by atoms with Crippen LogP contribution in [0.15, 0.2) is 30.3 Å². The fourth-order valence-electron chi connectivity index (χ4n) is 1.69. The lowest BCUT2D eigenvalue weighted by atomic mass is 10.1. The van der Waals surface area contributed by atoms with E-state index in [1.54, 1.807) is 18.2 Å². The van der Waals surface area contributed by atoms with Crippen molar-refractivity contribution in [2.45, 2.75) is 6.42 Å². The zero-order valence-corrected chi connectivity index (χ0v) is 13.3. The second-order valence-corrected chi connectivity index (χ2v) is 5.75. The van der Waals surface area contributed by atoms with Crippen LogP contribution in [0.5, 0.6) is 11.5 Å². The Morgan fingerprint density at radius 1 is 0.850 bits per heavy atom. The molecule has 2 rings (SSSR count). The molecule has 0 aliphatic carbocycles. The molecule has 6 heteroatoms. The largest absolute Gasteiger partial charge is 0.455 e. The highest BCUT2D eigenvalue weighted by Crippen LogP contribution is 2.37. The van der Waals surface area contributed by atoms with E-state index in [2.05, 4.69) is 0 Å². The Balaban J connectivity index is 2.38. The maximum Gasteiger partial charge on any atom is 0.147 e. The molecule has 2 aromatic carbocycles. The Kier molecular flexibility index (Phi) is 5.42. The molecule has 0 atom stereocenters. The molecule has 0 saturated carbocycles. The van der Waals surface area contributed by atoms with Crippen LogP contribution in [0.1, 0.15) is 5.56 Å². The molecule has 0 aliphatic heterocycles. The molecule has 0 fully saturated rings.